The third-order valence-corrected chi connectivity index (χ3v) is 10.6. The fraction of sp³-hybridized carbons (Fsp3) is 0.0732. The Bertz CT molecular complexity index is 2380. The van der Waals surface area contributed by atoms with E-state index in [0.29, 0.717) is 0 Å². The van der Waals surface area contributed by atoms with Gasteiger partial charge >= 0.3 is 0 Å². The van der Waals surface area contributed by atoms with E-state index in [1.54, 1.807) is 0 Å². The molecular formula is C41H29NS. The van der Waals surface area contributed by atoms with Crippen LogP contribution in [0.25, 0.3) is 52.8 Å². The predicted octanol–water partition coefficient (Wildman–Crippen LogP) is 12.1. The molecule has 1 heterocycles. The number of benzene rings is 7. The van der Waals surface area contributed by atoms with Gasteiger partial charge in [0.25, 0.3) is 0 Å². The van der Waals surface area contributed by atoms with Gasteiger partial charge in [0.05, 0.1) is 0 Å². The number of hydrogen-bond acceptors (Lipinski definition) is 2. The van der Waals surface area contributed by atoms with E-state index in [9.17, 15) is 0 Å². The zero-order valence-electron chi connectivity index (χ0n) is 24.1. The molecule has 0 saturated heterocycles. The average molecular weight is 568 g/mol. The van der Waals surface area contributed by atoms with Crippen molar-refractivity contribution >= 4 is 70.1 Å². The molecule has 0 amide bonds. The Morgan fingerprint density at radius 3 is 2.09 bits per heavy atom. The van der Waals surface area contributed by atoms with Crippen LogP contribution in [0.5, 0.6) is 0 Å². The van der Waals surface area contributed by atoms with Crippen LogP contribution < -0.4 is 4.90 Å². The van der Waals surface area contributed by atoms with E-state index in [1.807, 2.05) is 11.3 Å². The fourth-order valence-electron chi connectivity index (χ4n) is 7.32. The van der Waals surface area contributed by atoms with Crippen molar-refractivity contribution < 1.29 is 0 Å². The zero-order chi connectivity index (χ0) is 28.7. The van der Waals surface area contributed by atoms with Gasteiger partial charge < -0.3 is 4.90 Å². The summed E-state index contributed by atoms with van der Waals surface area (Å²) in [6.45, 7) is 4.68. The van der Waals surface area contributed by atoms with Crippen LogP contribution >= 0.6 is 11.3 Å². The van der Waals surface area contributed by atoms with Crippen LogP contribution in [0.15, 0.2) is 140 Å². The van der Waals surface area contributed by atoms with E-state index in [4.69, 9.17) is 0 Å². The minimum atomic E-state index is -0.0104. The lowest BCUT2D eigenvalue weighted by Gasteiger charge is -2.27. The lowest BCUT2D eigenvalue weighted by atomic mass is 9.82. The Balaban J connectivity index is 1.27. The summed E-state index contributed by atoms with van der Waals surface area (Å²) in [7, 11) is 0. The van der Waals surface area contributed by atoms with Gasteiger partial charge in [-0.25, -0.2) is 0 Å². The Hall–Kier alpha value is -4.92. The van der Waals surface area contributed by atoms with Crippen molar-refractivity contribution in [3.05, 3.63) is 151 Å². The molecule has 1 nitrogen and oxygen atoms in total. The second kappa shape index (κ2) is 9.04. The molecule has 0 spiro atoms. The van der Waals surface area contributed by atoms with Crippen LogP contribution in [-0.4, -0.2) is 0 Å². The smallest absolute Gasteiger partial charge is 0.0468 e. The number of nitrogens with zero attached hydrogens (tertiary/aromatic N) is 1. The van der Waals surface area contributed by atoms with Crippen LogP contribution in [0.1, 0.15) is 25.0 Å². The van der Waals surface area contributed by atoms with Gasteiger partial charge in [0.2, 0.25) is 0 Å². The minimum Gasteiger partial charge on any atom is -0.310 e. The molecule has 8 aromatic rings. The lowest BCUT2D eigenvalue weighted by Crippen LogP contribution is -2.15. The third-order valence-electron chi connectivity index (χ3n) is 9.43. The zero-order valence-corrected chi connectivity index (χ0v) is 25.0. The summed E-state index contributed by atoms with van der Waals surface area (Å²) in [5.74, 6) is 0. The molecular weight excluding hydrogens is 539 g/mol. The molecule has 0 atom stereocenters. The molecule has 1 aliphatic rings. The van der Waals surface area contributed by atoms with Gasteiger partial charge in [-0.3, -0.25) is 0 Å². The molecule has 0 unspecified atom stereocenters. The number of anilines is 3. The second-order valence-corrected chi connectivity index (χ2v) is 13.2. The predicted molar refractivity (Wildman–Crippen MR) is 187 cm³/mol. The van der Waals surface area contributed by atoms with Crippen molar-refractivity contribution in [3.8, 4) is 11.1 Å². The highest BCUT2D eigenvalue weighted by atomic mass is 32.1. The minimum absolute atomic E-state index is 0.0104. The Labute approximate surface area is 255 Å². The first-order valence-corrected chi connectivity index (χ1v) is 15.8. The third kappa shape index (κ3) is 3.57. The fourth-order valence-corrected chi connectivity index (χ4v) is 8.57. The number of para-hydroxylation sites is 1. The van der Waals surface area contributed by atoms with Gasteiger partial charge in [-0.15, -0.1) is 11.3 Å². The largest absolute Gasteiger partial charge is 0.310 e. The first kappa shape index (κ1) is 24.7. The first-order valence-electron chi connectivity index (χ1n) is 14.9. The maximum atomic E-state index is 2.41. The van der Waals surface area contributed by atoms with E-state index in [-0.39, 0.29) is 5.41 Å². The molecule has 2 heteroatoms. The van der Waals surface area contributed by atoms with Crippen LogP contribution in [0.4, 0.5) is 17.1 Å². The number of hydrogen-bond donors (Lipinski definition) is 0. The molecule has 204 valence electrons. The molecule has 0 aliphatic heterocycles. The maximum absolute atomic E-state index is 2.41. The molecule has 0 bridgehead atoms. The highest BCUT2D eigenvalue weighted by molar-refractivity contribution is 7.26. The number of fused-ring (bicyclic) bond motifs is 10. The van der Waals surface area contributed by atoms with Crippen molar-refractivity contribution in [3.63, 3.8) is 0 Å². The van der Waals surface area contributed by atoms with E-state index < -0.39 is 0 Å². The van der Waals surface area contributed by atoms with Crippen molar-refractivity contribution in [1.29, 1.82) is 0 Å². The van der Waals surface area contributed by atoms with Gasteiger partial charge in [-0.1, -0.05) is 111 Å². The van der Waals surface area contributed by atoms with Crippen molar-refractivity contribution in [1.82, 2.24) is 0 Å². The summed E-state index contributed by atoms with van der Waals surface area (Å²) < 4.78 is 2.68. The highest BCUT2D eigenvalue weighted by Gasteiger charge is 2.35. The van der Waals surface area contributed by atoms with E-state index in [2.05, 4.69) is 158 Å². The first-order chi connectivity index (χ1) is 21.1. The summed E-state index contributed by atoms with van der Waals surface area (Å²) >= 11 is 1.91. The highest BCUT2D eigenvalue weighted by Crippen LogP contribution is 2.51. The van der Waals surface area contributed by atoms with Gasteiger partial charge in [-0.2, -0.15) is 0 Å². The molecule has 7 aromatic carbocycles. The van der Waals surface area contributed by atoms with Gasteiger partial charge in [-0.05, 0) is 80.9 Å². The molecule has 0 radical (unpaired) electrons. The summed E-state index contributed by atoms with van der Waals surface area (Å²) in [4.78, 5) is 2.41. The van der Waals surface area contributed by atoms with Crippen molar-refractivity contribution in [2.45, 2.75) is 19.3 Å². The van der Waals surface area contributed by atoms with Crippen LogP contribution in [0, 0.1) is 0 Å². The average Bonchev–Trinajstić information content (AvgIpc) is 3.53. The lowest BCUT2D eigenvalue weighted by molar-refractivity contribution is 0.660. The monoisotopic (exact) mass is 567 g/mol. The van der Waals surface area contributed by atoms with Crippen molar-refractivity contribution in [2.75, 3.05) is 4.90 Å². The maximum Gasteiger partial charge on any atom is 0.0468 e. The van der Waals surface area contributed by atoms with E-state index in [0.717, 1.165) is 5.69 Å². The van der Waals surface area contributed by atoms with Crippen LogP contribution in [-0.2, 0) is 5.41 Å². The Morgan fingerprint density at radius 2 is 1.19 bits per heavy atom. The topological polar surface area (TPSA) is 3.24 Å². The Kier molecular flexibility index (Phi) is 5.18. The number of thiophene rings is 1. The van der Waals surface area contributed by atoms with E-state index in [1.165, 1.54) is 75.3 Å². The normalized spacial score (nSPS) is 13.5. The standard InChI is InChI=1S/C41H29NS/c1-41(2)36-15-9-8-14-32(36)34-24-29(19-22-37(34)41)42(28-11-4-3-5-12-28)30-20-23-38-35(25-30)33-21-18-27-17-16-26-10-6-7-13-31(26)39(27)40(33)43-38/h3-25H,1-2H3. The molecule has 0 N–H and O–H groups in total. The summed E-state index contributed by atoms with van der Waals surface area (Å²) in [5.41, 5.74) is 8.96. The summed E-state index contributed by atoms with van der Waals surface area (Å²) in [5, 5.41) is 7.90. The van der Waals surface area contributed by atoms with E-state index >= 15 is 0 Å². The SMILES string of the molecule is CC1(C)c2ccccc2-c2cc(N(c3ccccc3)c3ccc4sc5c(ccc6ccc7ccccc7c65)c4c3)ccc21. The molecule has 43 heavy (non-hydrogen) atoms. The quantitative estimate of drug-likeness (QED) is 0.192. The van der Waals surface area contributed by atoms with Gasteiger partial charge in [0.15, 0.2) is 0 Å². The molecule has 0 saturated carbocycles. The van der Waals surface area contributed by atoms with Gasteiger partial charge in [0.1, 0.15) is 0 Å². The number of rotatable bonds is 3. The van der Waals surface area contributed by atoms with Crippen LogP contribution in [0.3, 0.4) is 0 Å². The molecule has 0 fully saturated rings. The molecule has 1 aliphatic carbocycles. The summed E-state index contributed by atoms with van der Waals surface area (Å²) in [6, 6.07) is 51.5. The van der Waals surface area contributed by atoms with Crippen molar-refractivity contribution in [2.24, 2.45) is 0 Å². The molecule has 1 aromatic heterocycles. The molecule has 9 rings (SSSR count). The second-order valence-electron chi connectivity index (χ2n) is 12.2. The van der Waals surface area contributed by atoms with Crippen LogP contribution in [0.2, 0.25) is 0 Å². The van der Waals surface area contributed by atoms with Gasteiger partial charge in [0, 0.05) is 48.0 Å². The summed E-state index contributed by atoms with van der Waals surface area (Å²) in [6.07, 6.45) is 0. The Morgan fingerprint density at radius 1 is 0.488 bits per heavy atom.